The number of hydrogen-bond acceptors (Lipinski definition) is 1. The van der Waals surface area contributed by atoms with Gasteiger partial charge >= 0.3 is 0 Å². The Morgan fingerprint density at radius 1 is 1.33 bits per heavy atom. The van der Waals surface area contributed by atoms with Gasteiger partial charge in [0.2, 0.25) is 5.91 Å². The highest BCUT2D eigenvalue weighted by Crippen LogP contribution is 2.40. The van der Waals surface area contributed by atoms with Crippen LogP contribution in [0, 0.1) is 0 Å². The maximum atomic E-state index is 11.3. The van der Waals surface area contributed by atoms with E-state index < -0.39 is 8.24 Å². The summed E-state index contributed by atoms with van der Waals surface area (Å²) in [5.41, 5.74) is 0. The molecule has 1 aliphatic heterocycles. The average molecular weight is 185 g/mol. The molecule has 0 aromatic heterocycles. The third kappa shape index (κ3) is 1.30. The summed E-state index contributed by atoms with van der Waals surface area (Å²) >= 11 is 0. The first-order chi connectivity index (χ1) is 5.27. The number of β-lactam (4-membered cyclic amide) rings is 1. The number of hydrogen-bond donors (Lipinski definition) is 0. The monoisotopic (exact) mass is 185 g/mol. The molecular weight excluding hydrogens is 166 g/mol. The molecule has 0 atom stereocenters. The van der Waals surface area contributed by atoms with E-state index in [1.807, 2.05) is 0 Å². The quantitative estimate of drug-likeness (QED) is 0.453. The van der Waals surface area contributed by atoms with Gasteiger partial charge in [-0.05, 0) is 5.04 Å². The molecule has 0 bridgehead atoms. The predicted octanol–water partition coefficient (Wildman–Crippen LogP) is 2.22. The molecule has 0 aromatic rings. The Bertz CT molecular complexity index is 205. The van der Waals surface area contributed by atoms with Crippen LogP contribution in [0.2, 0.25) is 18.1 Å². The number of carbonyl (C=O) groups excluding carboxylic acids is 1. The van der Waals surface area contributed by atoms with Crippen molar-refractivity contribution in [3.05, 3.63) is 0 Å². The zero-order valence-electron chi connectivity index (χ0n) is 8.77. The molecule has 1 heterocycles. The zero-order chi connectivity index (χ0) is 9.57. The minimum absolute atomic E-state index is 0.295. The maximum absolute atomic E-state index is 11.3. The van der Waals surface area contributed by atoms with Gasteiger partial charge < -0.3 is 4.57 Å². The summed E-state index contributed by atoms with van der Waals surface area (Å²) < 4.78 is 2.12. The van der Waals surface area contributed by atoms with Crippen LogP contribution in [-0.2, 0) is 4.79 Å². The molecule has 1 fully saturated rings. The number of amides is 1. The molecule has 1 aliphatic rings. The molecule has 0 N–H and O–H groups in total. The first-order valence-corrected chi connectivity index (χ1v) is 7.52. The van der Waals surface area contributed by atoms with E-state index in [0.717, 1.165) is 13.0 Å². The number of nitrogens with zero attached hydrogens (tertiary/aromatic N) is 1. The van der Waals surface area contributed by atoms with Crippen molar-refractivity contribution in [2.45, 2.75) is 45.3 Å². The Kier molecular flexibility index (Phi) is 2.11. The van der Waals surface area contributed by atoms with Gasteiger partial charge in [-0.25, -0.2) is 0 Å². The van der Waals surface area contributed by atoms with Crippen LogP contribution in [0.3, 0.4) is 0 Å². The van der Waals surface area contributed by atoms with Gasteiger partial charge in [-0.3, -0.25) is 4.79 Å². The highest BCUT2D eigenvalue weighted by Gasteiger charge is 2.46. The van der Waals surface area contributed by atoms with Crippen LogP contribution in [0.4, 0.5) is 0 Å². The van der Waals surface area contributed by atoms with Gasteiger partial charge in [-0.1, -0.05) is 33.9 Å². The minimum atomic E-state index is -1.50. The molecule has 70 valence electrons. The molecule has 0 aromatic carbocycles. The lowest BCUT2D eigenvalue weighted by Gasteiger charge is -2.50. The fraction of sp³-hybridized carbons (Fsp3) is 0.889. The third-order valence-electron chi connectivity index (χ3n) is 3.36. The summed E-state index contributed by atoms with van der Waals surface area (Å²) in [5.74, 6) is 0.363. The van der Waals surface area contributed by atoms with E-state index in [0.29, 0.717) is 10.9 Å². The summed E-state index contributed by atoms with van der Waals surface area (Å²) in [6.07, 6.45) is 0.770. The molecule has 2 nitrogen and oxygen atoms in total. The van der Waals surface area contributed by atoms with Gasteiger partial charge in [-0.15, -0.1) is 0 Å². The van der Waals surface area contributed by atoms with Crippen LogP contribution in [0.1, 0.15) is 27.2 Å². The van der Waals surface area contributed by atoms with Crippen molar-refractivity contribution in [2.24, 2.45) is 0 Å². The third-order valence-corrected chi connectivity index (χ3v) is 8.85. The molecule has 0 spiro atoms. The van der Waals surface area contributed by atoms with E-state index in [-0.39, 0.29) is 0 Å². The number of carbonyl (C=O) groups is 1. The van der Waals surface area contributed by atoms with Gasteiger partial charge in [0.15, 0.2) is 8.24 Å². The molecule has 12 heavy (non-hydrogen) atoms. The second-order valence-corrected chi connectivity index (χ2v) is 10.3. The van der Waals surface area contributed by atoms with Gasteiger partial charge in [0.05, 0.1) is 0 Å². The van der Waals surface area contributed by atoms with Crippen molar-refractivity contribution in [1.82, 2.24) is 4.57 Å². The van der Waals surface area contributed by atoms with Gasteiger partial charge in [-0.2, -0.15) is 0 Å². The molecule has 0 unspecified atom stereocenters. The number of rotatable bonds is 1. The molecule has 0 aliphatic carbocycles. The van der Waals surface area contributed by atoms with Crippen LogP contribution < -0.4 is 0 Å². The second kappa shape index (κ2) is 2.59. The van der Waals surface area contributed by atoms with Crippen molar-refractivity contribution < 1.29 is 4.79 Å². The average Bonchev–Trinajstić information content (AvgIpc) is 1.81. The van der Waals surface area contributed by atoms with Crippen LogP contribution in [0.5, 0.6) is 0 Å². The summed E-state index contributed by atoms with van der Waals surface area (Å²) in [6.45, 7) is 12.3. The first kappa shape index (κ1) is 9.77. The molecular formula is C9H19NOSi. The fourth-order valence-corrected chi connectivity index (χ4v) is 3.53. The fourth-order valence-electron chi connectivity index (χ4n) is 1.31. The Morgan fingerprint density at radius 2 is 1.83 bits per heavy atom. The molecule has 1 amide bonds. The van der Waals surface area contributed by atoms with E-state index in [9.17, 15) is 4.79 Å². The highest BCUT2D eigenvalue weighted by molar-refractivity contribution is 6.79. The molecule has 1 rings (SSSR count). The van der Waals surface area contributed by atoms with Gasteiger partial charge in [0.1, 0.15) is 0 Å². The van der Waals surface area contributed by atoms with Gasteiger partial charge in [0, 0.05) is 13.0 Å². The van der Waals surface area contributed by atoms with Crippen molar-refractivity contribution >= 4 is 14.1 Å². The van der Waals surface area contributed by atoms with Crippen LogP contribution in [0.25, 0.3) is 0 Å². The SMILES string of the molecule is CC(C)(C)[Si](C)(C)N1CCC1=O. The van der Waals surface area contributed by atoms with Crippen LogP contribution in [-0.4, -0.2) is 25.3 Å². The van der Waals surface area contributed by atoms with Crippen molar-refractivity contribution in [1.29, 1.82) is 0 Å². The molecule has 3 heteroatoms. The Balaban J connectivity index is 2.78. The zero-order valence-corrected chi connectivity index (χ0v) is 9.77. The Morgan fingerprint density at radius 3 is 1.92 bits per heavy atom. The lowest BCUT2D eigenvalue weighted by atomic mass is 10.2. The lowest BCUT2D eigenvalue weighted by molar-refractivity contribution is -0.134. The van der Waals surface area contributed by atoms with Crippen LogP contribution >= 0.6 is 0 Å². The van der Waals surface area contributed by atoms with Crippen molar-refractivity contribution in [3.63, 3.8) is 0 Å². The minimum Gasteiger partial charge on any atom is -0.369 e. The van der Waals surface area contributed by atoms with Crippen molar-refractivity contribution in [2.75, 3.05) is 6.54 Å². The summed E-state index contributed by atoms with van der Waals surface area (Å²) in [5, 5.41) is 0.295. The molecule has 0 radical (unpaired) electrons. The van der Waals surface area contributed by atoms with Crippen LogP contribution in [0.15, 0.2) is 0 Å². The molecule has 0 saturated carbocycles. The maximum Gasteiger partial charge on any atom is 0.216 e. The predicted molar refractivity (Wildman–Crippen MR) is 53.5 cm³/mol. The van der Waals surface area contributed by atoms with E-state index in [4.69, 9.17) is 0 Å². The Labute approximate surface area is 76.0 Å². The second-order valence-electron chi connectivity index (χ2n) is 5.10. The smallest absolute Gasteiger partial charge is 0.216 e. The van der Waals surface area contributed by atoms with Gasteiger partial charge in [0.25, 0.3) is 0 Å². The van der Waals surface area contributed by atoms with E-state index in [2.05, 4.69) is 38.4 Å². The summed E-state index contributed by atoms with van der Waals surface area (Å²) in [7, 11) is -1.50. The highest BCUT2D eigenvalue weighted by atomic mass is 28.3. The lowest BCUT2D eigenvalue weighted by Crippen LogP contribution is -2.63. The molecule has 1 saturated heterocycles. The standard InChI is InChI=1S/C9H19NOSi/c1-9(2,3)12(4,5)10-7-6-8(10)11/h6-7H2,1-5H3. The largest absolute Gasteiger partial charge is 0.369 e. The van der Waals surface area contributed by atoms with Crippen molar-refractivity contribution in [3.8, 4) is 0 Å². The first-order valence-electron chi connectivity index (χ1n) is 4.57. The van der Waals surface area contributed by atoms with E-state index in [1.54, 1.807) is 0 Å². The van der Waals surface area contributed by atoms with E-state index in [1.165, 1.54) is 0 Å². The Hall–Kier alpha value is -0.313. The topological polar surface area (TPSA) is 20.3 Å². The van der Waals surface area contributed by atoms with E-state index >= 15 is 0 Å². The summed E-state index contributed by atoms with van der Waals surface area (Å²) in [4.78, 5) is 11.3. The summed E-state index contributed by atoms with van der Waals surface area (Å²) in [6, 6.07) is 0. The normalized spacial score (nSPS) is 19.4.